The van der Waals surface area contributed by atoms with E-state index >= 15 is 0 Å². The number of benzene rings is 2. The molecule has 1 atom stereocenters. The number of aromatic hydroxyl groups is 1. The lowest BCUT2D eigenvalue weighted by atomic mass is 9.95. The first-order valence-corrected chi connectivity index (χ1v) is 9.57. The van der Waals surface area contributed by atoms with Gasteiger partial charge in [-0.15, -0.1) is 0 Å². The number of pyridine rings is 2. The molecule has 30 heavy (non-hydrogen) atoms. The highest BCUT2D eigenvalue weighted by atomic mass is 35.5. The van der Waals surface area contributed by atoms with E-state index in [1.165, 1.54) is 6.20 Å². The molecule has 0 spiro atoms. The summed E-state index contributed by atoms with van der Waals surface area (Å²) in [6.45, 7) is 0. The van der Waals surface area contributed by atoms with Gasteiger partial charge in [0.05, 0.1) is 23.7 Å². The summed E-state index contributed by atoms with van der Waals surface area (Å²) in [6, 6.07) is 15.1. The number of phenols is 1. The normalized spacial score (nSPS) is 11.8. The zero-order valence-corrected chi connectivity index (χ0v) is 16.8. The number of nitrogens with zero attached hydrogens (tertiary/aromatic N) is 2. The van der Waals surface area contributed by atoms with Gasteiger partial charge in [-0.05, 0) is 48.0 Å². The average molecular weight is 420 g/mol. The van der Waals surface area contributed by atoms with Gasteiger partial charge in [0, 0.05) is 29.5 Å². The third-order valence-electron chi connectivity index (χ3n) is 4.80. The summed E-state index contributed by atoms with van der Waals surface area (Å²) in [5.74, 6) is 0.307. The van der Waals surface area contributed by atoms with Gasteiger partial charge in [-0.2, -0.15) is 0 Å². The molecule has 0 unspecified atom stereocenters. The molecule has 0 saturated heterocycles. The van der Waals surface area contributed by atoms with Crippen LogP contribution in [0.3, 0.4) is 0 Å². The smallest absolute Gasteiger partial charge is 0.253 e. The van der Waals surface area contributed by atoms with E-state index in [9.17, 15) is 9.90 Å². The number of fused-ring (bicyclic) bond motifs is 1. The fourth-order valence-electron chi connectivity index (χ4n) is 3.27. The second-order valence-electron chi connectivity index (χ2n) is 6.62. The molecule has 7 heteroatoms. The Morgan fingerprint density at radius 2 is 1.90 bits per heavy atom. The van der Waals surface area contributed by atoms with Crippen molar-refractivity contribution >= 4 is 28.4 Å². The average Bonchev–Trinajstić information content (AvgIpc) is 2.80. The number of carbonyl (C=O) groups excluding carboxylic acids is 1. The predicted molar refractivity (Wildman–Crippen MR) is 115 cm³/mol. The molecule has 2 aromatic heterocycles. The Balaban J connectivity index is 1.83. The summed E-state index contributed by atoms with van der Waals surface area (Å²) in [5, 5.41) is 15.0. The van der Waals surface area contributed by atoms with Gasteiger partial charge in [0.1, 0.15) is 17.0 Å². The van der Waals surface area contributed by atoms with Gasteiger partial charge in [-0.1, -0.05) is 23.7 Å². The number of halogens is 1. The number of hydrogen-bond acceptors (Lipinski definition) is 5. The van der Waals surface area contributed by atoms with Crippen LogP contribution < -0.4 is 10.1 Å². The van der Waals surface area contributed by atoms with Gasteiger partial charge in [0.25, 0.3) is 5.91 Å². The summed E-state index contributed by atoms with van der Waals surface area (Å²) in [7, 11) is 1.58. The minimum absolute atomic E-state index is 0.0395. The Morgan fingerprint density at radius 3 is 2.60 bits per heavy atom. The van der Waals surface area contributed by atoms with Crippen LogP contribution in [0.1, 0.15) is 27.5 Å². The SMILES string of the molecule is COc1ccc([C@H](NC(=O)c2cccnc2)c2cc(Cl)c3cccnc3c2O)cc1. The lowest BCUT2D eigenvalue weighted by Crippen LogP contribution is -2.29. The van der Waals surface area contributed by atoms with Crippen molar-refractivity contribution in [3.05, 3.63) is 94.9 Å². The molecule has 150 valence electrons. The zero-order chi connectivity index (χ0) is 21.1. The monoisotopic (exact) mass is 419 g/mol. The molecule has 0 aliphatic carbocycles. The molecule has 0 bridgehead atoms. The lowest BCUT2D eigenvalue weighted by Gasteiger charge is -2.22. The molecule has 0 saturated carbocycles. The predicted octanol–water partition coefficient (Wildman–Crippen LogP) is 4.52. The van der Waals surface area contributed by atoms with Crippen LogP contribution in [0.15, 0.2) is 73.2 Å². The summed E-state index contributed by atoms with van der Waals surface area (Å²) in [4.78, 5) is 21.1. The second kappa shape index (κ2) is 8.39. The third-order valence-corrected chi connectivity index (χ3v) is 5.12. The molecule has 2 N–H and O–H groups in total. The van der Waals surface area contributed by atoms with Crippen molar-refractivity contribution in [2.24, 2.45) is 0 Å². The van der Waals surface area contributed by atoms with E-state index in [0.29, 0.717) is 32.8 Å². The van der Waals surface area contributed by atoms with Crippen molar-refractivity contribution in [3.63, 3.8) is 0 Å². The first-order valence-electron chi connectivity index (χ1n) is 9.19. The van der Waals surface area contributed by atoms with Crippen LogP contribution in [0.25, 0.3) is 10.9 Å². The number of methoxy groups -OCH3 is 1. The van der Waals surface area contributed by atoms with Gasteiger partial charge >= 0.3 is 0 Å². The quantitative estimate of drug-likeness (QED) is 0.497. The summed E-state index contributed by atoms with van der Waals surface area (Å²) in [6.07, 6.45) is 4.66. The van der Waals surface area contributed by atoms with E-state index in [1.54, 1.807) is 62.0 Å². The third kappa shape index (κ3) is 3.77. The van der Waals surface area contributed by atoms with Crippen molar-refractivity contribution < 1.29 is 14.6 Å². The van der Waals surface area contributed by atoms with E-state index in [0.717, 1.165) is 5.56 Å². The fourth-order valence-corrected chi connectivity index (χ4v) is 3.54. The number of phenolic OH excluding ortho intramolecular Hbond substituents is 1. The molecular formula is C23H18ClN3O3. The number of aromatic nitrogens is 2. The number of hydrogen-bond donors (Lipinski definition) is 2. The van der Waals surface area contributed by atoms with E-state index in [2.05, 4.69) is 15.3 Å². The number of ether oxygens (including phenoxy) is 1. The largest absolute Gasteiger partial charge is 0.505 e. The van der Waals surface area contributed by atoms with Crippen LogP contribution >= 0.6 is 11.6 Å². The van der Waals surface area contributed by atoms with Crippen molar-refractivity contribution in [1.82, 2.24) is 15.3 Å². The van der Waals surface area contributed by atoms with Gasteiger partial charge in [-0.3, -0.25) is 14.8 Å². The zero-order valence-electron chi connectivity index (χ0n) is 16.0. The Kier molecular flexibility index (Phi) is 5.50. The minimum atomic E-state index is -0.674. The highest BCUT2D eigenvalue weighted by molar-refractivity contribution is 6.35. The van der Waals surface area contributed by atoms with E-state index in [-0.39, 0.29) is 11.7 Å². The van der Waals surface area contributed by atoms with Gasteiger partial charge in [-0.25, -0.2) is 0 Å². The van der Waals surface area contributed by atoms with Crippen molar-refractivity contribution in [2.45, 2.75) is 6.04 Å². The molecular weight excluding hydrogens is 402 g/mol. The maximum Gasteiger partial charge on any atom is 0.253 e. The summed E-state index contributed by atoms with van der Waals surface area (Å²) in [5.41, 5.74) is 1.96. The molecule has 0 aliphatic heterocycles. The van der Waals surface area contributed by atoms with Gasteiger partial charge in [0.15, 0.2) is 0 Å². The number of rotatable bonds is 5. The second-order valence-corrected chi connectivity index (χ2v) is 7.02. The Labute approximate surface area is 178 Å². The van der Waals surface area contributed by atoms with Crippen LogP contribution in [-0.4, -0.2) is 28.1 Å². The van der Waals surface area contributed by atoms with Crippen LogP contribution in [0.5, 0.6) is 11.5 Å². The molecule has 2 aromatic carbocycles. The Hall–Kier alpha value is -3.64. The van der Waals surface area contributed by atoms with Crippen LogP contribution in [0.4, 0.5) is 0 Å². The number of carbonyl (C=O) groups is 1. The standard InChI is InChI=1S/C23H18ClN3O3/c1-30-16-8-6-14(7-9-16)20(27-23(29)15-4-2-10-25-13-15)18-12-19(24)17-5-3-11-26-21(17)22(18)28/h2-13,20,28H,1H3,(H,27,29)/t20-/m0/s1. The molecule has 4 rings (SSSR count). The van der Waals surface area contributed by atoms with Crippen LogP contribution in [0, 0.1) is 0 Å². The lowest BCUT2D eigenvalue weighted by molar-refractivity contribution is 0.0942. The number of nitrogens with one attached hydrogen (secondary N) is 1. The van der Waals surface area contributed by atoms with Crippen LogP contribution in [0.2, 0.25) is 5.02 Å². The minimum Gasteiger partial charge on any atom is -0.505 e. The highest BCUT2D eigenvalue weighted by Gasteiger charge is 2.24. The van der Waals surface area contributed by atoms with Crippen molar-refractivity contribution in [3.8, 4) is 11.5 Å². The molecule has 6 nitrogen and oxygen atoms in total. The summed E-state index contributed by atoms with van der Waals surface area (Å²) >= 11 is 6.47. The molecule has 0 aliphatic rings. The first kappa shape index (κ1) is 19.7. The van der Waals surface area contributed by atoms with E-state index in [4.69, 9.17) is 16.3 Å². The molecule has 2 heterocycles. The molecule has 4 aromatic rings. The fraction of sp³-hybridized carbons (Fsp3) is 0.0870. The first-order chi connectivity index (χ1) is 14.6. The topological polar surface area (TPSA) is 84.3 Å². The van der Waals surface area contributed by atoms with Crippen molar-refractivity contribution in [1.29, 1.82) is 0 Å². The highest BCUT2D eigenvalue weighted by Crippen LogP contribution is 2.38. The maximum absolute atomic E-state index is 12.9. The Morgan fingerprint density at radius 1 is 1.13 bits per heavy atom. The van der Waals surface area contributed by atoms with Crippen LogP contribution in [-0.2, 0) is 0 Å². The van der Waals surface area contributed by atoms with E-state index in [1.807, 2.05) is 12.1 Å². The molecule has 1 amide bonds. The van der Waals surface area contributed by atoms with E-state index < -0.39 is 6.04 Å². The Bertz CT molecular complexity index is 1200. The van der Waals surface area contributed by atoms with Crippen molar-refractivity contribution in [2.75, 3.05) is 7.11 Å². The molecule has 0 radical (unpaired) electrons. The van der Waals surface area contributed by atoms with Gasteiger partial charge < -0.3 is 15.2 Å². The van der Waals surface area contributed by atoms with Gasteiger partial charge in [0.2, 0.25) is 0 Å². The summed E-state index contributed by atoms with van der Waals surface area (Å²) < 4.78 is 5.23. The molecule has 0 fully saturated rings. The number of amides is 1. The maximum atomic E-state index is 12.9.